The van der Waals surface area contributed by atoms with Crippen molar-refractivity contribution in [2.75, 3.05) is 0 Å². The summed E-state index contributed by atoms with van der Waals surface area (Å²) in [4.78, 5) is 19.1. The second-order valence-corrected chi connectivity index (χ2v) is 2.64. The molecule has 1 aromatic carbocycles. The molecule has 15 heavy (non-hydrogen) atoms. The first-order valence-electron chi connectivity index (χ1n) is 3.56. The molecule has 0 saturated heterocycles. The molecular weight excluding hydrogens is 231 g/mol. The maximum Gasteiger partial charge on any atom is 1.00 e. The van der Waals surface area contributed by atoms with Crippen molar-refractivity contribution in [1.29, 1.82) is 0 Å². The molecule has 0 atom stereocenters. The summed E-state index contributed by atoms with van der Waals surface area (Å²) >= 11 is 0. The number of phenols is 1. The van der Waals surface area contributed by atoms with E-state index in [4.69, 9.17) is 0 Å². The van der Waals surface area contributed by atoms with E-state index in [1.807, 2.05) is 0 Å². The van der Waals surface area contributed by atoms with Gasteiger partial charge >= 0.3 is 57.1 Å². The quantitative estimate of drug-likeness (QED) is 0.383. The second kappa shape index (κ2) is 5.52. The number of nitro groups is 2. The number of rotatable bonds is 2. The largest absolute Gasteiger partial charge is 1.00 e. The van der Waals surface area contributed by atoms with Crippen LogP contribution in [-0.2, 0) is 0 Å². The van der Waals surface area contributed by atoms with Crippen molar-refractivity contribution in [2.24, 2.45) is 0 Å². The summed E-state index contributed by atoms with van der Waals surface area (Å²) in [7, 11) is 0. The van der Waals surface area contributed by atoms with Gasteiger partial charge in [0.1, 0.15) is 0 Å². The van der Waals surface area contributed by atoms with Crippen LogP contribution in [0.1, 0.15) is 5.56 Å². The van der Waals surface area contributed by atoms with E-state index in [2.05, 4.69) is 0 Å². The molecule has 0 aliphatic heterocycles. The Morgan fingerprint density at radius 2 is 1.73 bits per heavy atom. The maximum atomic E-state index is 10.4. The van der Waals surface area contributed by atoms with Crippen molar-refractivity contribution in [3.63, 3.8) is 0 Å². The molecule has 1 rings (SSSR count). The number of nitro benzene ring substituents is 2. The van der Waals surface area contributed by atoms with E-state index in [1.54, 1.807) is 0 Å². The van der Waals surface area contributed by atoms with Crippen LogP contribution >= 0.6 is 0 Å². The molecule has 0 radical (unpaired) electrons. The molecule has 0 amide bonds. The molecule has 0 unspecified atom stereocenters. The van der Waals surface area contributed by atoms with Gasteiger partial charge in [0.2, 0.25) is 0 Å². The van der Waals surface area contributed by atoms with Gasteiger partial charge in [-0.15, -0.1) is 0 Å². The Bertz CT molecular complexity index is 420. The standard InChI is InChI=1S/C7H6N2O5.K/c1-4-2-5(8(11)12)3-6(7(4)10)9(13)14;/h2-3,10H,1H3;/q;+1. The van der Waals surface area contributed by atoms with Crippen LogP contribution in [-0.4, -0.2) is 15.0 Å². The SMILES string of the molecule is Cc1cc([N+](=O)[O-])cc([N+](=O)[O-])c1O.[K+]. The Kier molecular flexibility index (Phi) is 5.32. The summed E-state index contributed by atoms with van der Waals surface area (Å²) in [5, 5.41) is 29.9. The van der Waals surface area contributed by atoms with Gasteiger partial charge in [0.15, 0.2) is 5.75 Å². The number of hydrogen-bond acceptors (Lipinski definition) is 5. The van der Waals surface area contributed by atoms with Crippen LogP contribution in [0.25, 0.3) is 0 Å². The number of aryl methyl sites for hydroxylation is 1. The Balaban J connectivity index is 0.00000196. The Morgan fingerprint density at radius 3 is 2.13 bits per heavy atom. The number of non-ortho nitro benzene ring substituents is 1. The van der Waals surface area contributed by atoms with Gasteiger partial charge < -0.3 is 5.11 Å². The van der Waals surface area contributed by atoms with Crippen LogP contribution in [0.15, 0.2) is 12.1 Å². The fourth-order valence-corrected chi connectivity index (χ4v) is 0.987. The zero-order chi connectivity index (χ0) is 10.9. The normalized spacial score (nSPS) is 9.13. The first kappa shape index (κ1) is 14.5. The molecule has 0 saturated carbocycles. The fourth-order valence-electron chi connectivity index (χ4n) is 0.987. The molecule has 1 aromatic rings. The van der Waals surface area contributed by atoms with Crippen molar-refractivity contribution in [1.82, 2.24) is 0 Å². The van der Waals surface area contributed by atoms with Gasteiger partial charge in [-0.1, -0.05) is 0 Å². The third-order valence-corrected chi connectivity index (χ3v) is 1.67. The van der Waals surface area contributed by atoms with Crippen molar-refractivity contribution in [3.8, 4) is 5.75 Å². The number of hydrogen-bond donors (Lipinski definition) is 1. The molecular formula is C7H6KN2O5+. The first-order valence-corrected chi connectivity index (χ1v) is 3.56. The van der Waals surface area contributed by atoms with Gasteiger partial charge in [0, 0.05) is 11.6 Å². The molecule has 0 aromatic heterocycles. The topological polar surface area (TPSA) is 107 Å². The minimum Gasteiger partial charge on any atom is -0.502 e. The summed E-state index contributed by atoms with van der Waals surface area (Å²) in [6.07, 6.45) is 0. The fraction of sp³-hybridized carbons (Fsp3) is 0.143. The summed E-state index contributed by atoms with van der Waals surface area (Å²) in [6.45, 7) is 1.36. The van der Waals surface area contributed by atoms with Crippen molar-refractivity contribution < 1.29 is 66.3 Å². The smallest absolute Gasteiger partial charge is 0.502 e. The number of aromatic hydroxyl groups is 1. The minimum absolute atomic E-state index is 0. The zero-order valence-electron chi connectivity index (χ0n) is 8.13. The predicted octanol–water partition coefficient (Wildman–Crippen LogP) is -1.48. The van der Waals surface area contributed by atoms with Crippen LogP contribution in [0.5, 0.6) is 5.75 Å². The van der Waals surface area contributed by atoms with Gasteiger partial charge in [0.05, 0.1) is 15.9 Å². The monoisotopic (exact) mass is 237 g/mol. The van der Waals surface area contributed by atoms with E-state index in [9.17, 15) is 25.3 Å². The van der Waals surface area contributed by atoms with E-state index < -0.39 is 27.0 Å². The molecule has 8 heteroatoms. The Hall–Kier alpha value is -0.544. The van der Waals surface area contributed by atoms with Crippen molar-refractivity contribution in [3.05, 3.63) is 37.9 Å². The van der Waals surface area contributed by atoms with E-state index in [0.29, 0.717) is 0 Å². The number of nitrogens with zero attached hydrogens (tertiary/aromatic N) is 2. The zero-order valence-corrected chi connectivity index (χ0v) is 11.3. The van der Waals surface area contributed by atoms with Gasteiger partial charge in [-0.25, -0.2) is 0 Å². The van der Waals surface area contributed by atoms with Crippen molar-refractivity contribution >= 4 is 11.4 Å². The molecule has 0 aliphatic carbocycles. The average Bonchev–Trinajstić information content (AvgIpc) is 2.08. The average molecular weight is 237 g/mol. The summed E-state index contributed by atoms with van der Waals surface area (Å²) in [6, 6.07) is 1.80. The Labute approximate surface area is 127 Å². The van der Waals surface area contributed by atoms with E-state index in [0.717, 1.165) is 12.1 Å². The van der Waals surface area contributed by atoms with E-state index in [-0.39, 0.29) is 56.9 Å². The van der Waals surface area contributed by atoms with Gasteiger partial charge in [0.25, 0.3) is 5.69 Å². The minimum atomic E-state index is -0.866. The van der Waals surface area contributed by atoms with Crippen LogP contribution in [0, 0.1) is 27.2 Å². The molecule has 74 valence electrons. The van der Waals surface area contributed by atoms with E-state index >= 15 is 0 Å². The van der Waals surface area contributed by atoms with Gasteiger partial charge in [-0.3, -0.25) is 20.2 Å². The van der Waals surface area contributed by atoms with Crippen LogP contribution in [0.4, 0.5) is 11.4 Å². The molecule has 0 bridgehead atoms. The number of benzene rings is 1. The maximum absolute atomic E-state index is 10.4. The summed E-state index contributed by atoms with van der Waals surface area (Å²) < 4.78 is 0. The van der Waals surface area contributed by atoms with Gasteiger partial charge in [-0.05, 0) is 6.92 Å². The Morgan fingerprint density at radius 1 is 1.20 bits per heavy atom. The molecule has 0 spiro atoms. The molecule has 0 aliphatic rings. The first-order chi connectivity index (χ1) is 6.43. The molecule has 0 heterocycles. The van der Waals surface area contributed by atoms with Crippen LogP contribution < -0.4 is 51.4 Å². The second-order valence-electron chi connectivity index (χ2n) is 2.64. The van der Waals surface area contributed by atoms with Gasteiger partial charge in [-0.2, -0.15) is 0 Å². The van der Waals surface area contributed by atoms with Crippen LogP contribution in [0.2, 0.25) is 0 Å². The third-order valence-electron chi connectivity index (χ3n) is 1.67. The third kappa shape index (κ3) is 3.21. The van der Waals surface area contributed by atoms with Crippen molar-refractivity contribution in [2.45, 2.75) is 6.92 Å². The molecule has 7 nitrogen and oxygen atoms in total. The van der Waals surface area contributed by atoms with Crippen LogP contribution in [0.3, 0.4) is 0 Å². The summed E-state index contributed by atoms with van der Waals surface area (Å²) in [5.41, 5.74) is -0.963. The number of phenolic OH excluding ortho intramolecular Hbond substituents is 1. The molecule has 0 fully saturated rings. The predicted molar refractivity (Wildman–Crippen MR) is 46.2 cm³/mol. The summed E-state index contributed by atoms with van der Waals surface area (Å²) in [5.74, 6) is -0.541. The van der Waals surface area contributed by atoms with E-state index in [1.165, 1.54) is 6.92 Å². The molecule has 1 N–H and O–H groups in total.